The number of aliphatic hydroxyl groups excluding tert-OH is 1. The Hall–Kier alpha value is -1.14. The number of nitrogens with zero attached hydrogens (tertiary/aromatic N) is 2. The van der Waals surface area contributed by atoms with Crippen LogP contribution in [0.5, 0.6) is 5.75 Å². The van der Waals surface area contributed by atoms with Crippen LogP contribution in [-0.4, -0.2) is 68.9 Å². The highest BCUT2D eigenvalue weighted by atomic mass is 16.5. The van der Waals surface area contributed by atoms with Crippen molar-refractivity contribution in [1.29, 1.82) is 0 Å². The molecule has 0 amide bonds. The molecule has 0 heterocycles. The minimum absolute atomic E-state index is 0.125. The van der Waals surface area contributed by atoms with Gasteiger partial charge >= 0.3 is 0 Å². The molecule has 0 radical (unpaired) electrons. The van der Waals surface area contributed by atoms with E-state index in [-0.39, 0.29) is 12.6 Å². The normalized spacial score (nSPS) is 12.9. The van der Waals surface area contributed by atoms with Gasteiger partial charge in [-0.15, -0.1) is 0 Å². The largest absolute Gasteiger partial charge is 0.494 e. The van der Waals surface area contributed by atoms with Crippen LogP contribution in [0.2, 0.25) is 0 Å². The van der Waals surface area contributed by atoms with Gasteiger partial charge in [-0.05, 0) is 45.3 Å². The van der Waals surface area contributed by atoms with Crippen molar-refractivity contribution in [3.05, 3.63) is 29.8 Å². The van der Waals surface area contributed by atoms with E-state index < -0.39 is 0 Å². The fraction of sp³-hybridized carbons (Fsp3) is 0.625. The van der Waals surface area contributed by atoms with Gasteiger partial charge in [0.25, 0.3) is 0 Å². The topological polar surface area (TPSA) is 62.0 Å². The monoisotopic (exact) mass is 295 g/mol. The number of likely N-dealkylation sites (N-methyl/N-ethyl adjacent to an activating group) is 1. The summed E-state index contributed by atoms with van der Waals surface area (Å²) in [7, 11) is 6.09. The summed E-state index contributed by atoms with van der Waals surface area (Å²) in [5, 5.41) is 9.03. The molecule has 0 saturated heterocycles. The predicted molar refractivity (Wildman–Crippen MR) is 86.6 cm³/mol. The van der Waals surface area contributed by atoms with Gasteiger partial charge in [0.1, 0.15) is 5.75 Å². The fourth-order valence-corrected chi connectivity index (χ4v) is 2.24. The third-order valence-corrected chi connectivity index (χ3v) is 3.49. The lowest BCUT2D eigenvalue weighted by Gasteiger charge is -2.26. The number of rotatable bonds is 10. The molecule has 1 atom stereocenters. The van der Waals surface area contributed by atoms with Gasteiger partial charge in [0.05, 0.1) is 13.2 Å². The van der Waals surface area contributed by atoms with Crippen LogP contribution >= 0.6 is 0 Å². The number of nitrogens with two attached hydrogens (primary N) is 1. The van der Waals surface area contributed by atoms with Crippen LogP contribution in [0.4, 0.5) is 0 Å². The number of aliphatic hydroxyl groups is 1. The molecule has 21 heavy (non-hydrogen) atoms. The minimum Gasteiger partial charge on any atom is -0.494 e. The average molecular weight is 295 g/mol. The van der Waals surface area contributed by atoms with E-state index in [9.17, 15) is 0 Å². The molecule has 0 bridgehead atoms. The molecule has 0 spiro atoms. The van der Waals surface area contributed by atoms with E-state index in [1.807, 2.05) is 31.3 Å². The molecular weight excluding hydrogens is 266 g/mol. The standard InChI is InChI=1S/C16H29N3O2/c1-18(2)9-4-12-21-15-7-5-14(6-8-15)16(13-17)19(3)10-11-20/h5-8,16,20H,4,9-13,17H2,1-3H3. The van der Waals surface area contributed by atoms with E-state index in [1.54, 1.807) is 0 Å². The maximum atomic E-state index is 9.03. The highest BCUT2D eigenvalue weighted by molar-refractivity contribution is 5.29. The lowest BCUT2D eigenvalue weighted by atomic mass is 10.1. The predicted octanol–water partition coefficient (Wildman–Crippen LogP) is 0.941. The van der Waals surface area contributed by atoms with Crippen molar-refractivity contribution in [3.63, 3.8) is 0 Å². The Morgan fingerprint density at radius 3 is 2.33 bits per heavy atom. The summed E-state index contributed by atoms with van der Waals surface area (Å²) in [5.41, 5.74) is 6.99. The molecule has 1 aromatic rings. The van der Waals surface area contributed by atoms with Gasteiger partial charge in [0.2, 0.25) is 0 Å². The molecule has 0 aliphatic heterocycles. The molecule has 5 nitrogen and oxygen atoms in total. The summed E-state index contributed by atoms with van der Waals surface area (Å²) >= 11 is 0. The van der Waals surface area contributed by atoms with E-state index >= 15 is 0 Å². The first-order valence-corrected chi connectivity index (χ1v) is 7.47. The molecule has 120 valence electrons. The Kier molecular flexibility index (Phi) is 8.30. The third-order valence-electron chi connectivity index (χ3n) is 3.49. The van der Waals surface area contributed by atoms with Gasteiger partial charge in [-0.25, -0.2) is 0 Å². The zero-order valence-corrected chi connectivity index (χ0v) is 13.5. The van der Waals surface area contributed by atoms with E-state index in [4.69, 9.17) is 15.6 Å². The molecule has 1 rings (SSSR count). The smallest absolute Gasteiger partial charge is 0.119 e. The maximum Gasteiger partial charge on any atom is 0.119 e. The van der Waals surface area contributed by atoms with E-state index in [0.29, 0.717) is 13.1 Å². The SMILES string of the molecule is CN(C)CCCOc1ccc(C(CN)N(C)CCO)cc1. The lowest BCUT2D eigenvalue weighted by Crippen LogP contribution is -2.32. The number of benzene rings is 1. The maximum absolute atomic E-state index is 9.03. The van der Waals surface area contributed by atoms with Crippen molar-refractivity contribution in [1.82, 2.24) is 9.80 Å². The van der Waals surface area contributed by atoms with Gasteiger partial charge < -0.3 is 20.5 Å². The van der Waals surface area contributed by atoms with Gasteiger partial charge in [-0.1, -0.05) is 12.1 Å². The number of hydrogen-bond donors (Lipinski definition) is 2. The molecule has 0 aromatic heterocycles. The molecular formula is C16H29N3O2. The summed E-state index contributed by atoms with van der Waals surface area (Å²) in [6.45, 7) is 3.03. The zero-order chi connectivity index (χ0) is 15.7. The Morgan fingerprint density at radius 2 is 1.81 bits per heavy atom. The van der Waals surface area contributed by atoms with Crippen LogP contribution in [0.1, 0.15) is 18.0 Å². The number of ether oxygens (including phenoxy) is 1. The first-order valence-electron chi connectivity index (χ1n) is 7.47. The molecule has 0 aliphatic carbocycles. The Balaban J connectivity index is 2.51. The van der Waals surface area contributed by atoms with Crippen LogP contribution in [-0.2, 0) is 0 Å². The quantitative estimate of drug-likeness (QED) is 0.629. The summed E-state index contributed by atoms with van der Waals surface area (Å²) < 4.78 is 5.72. The van der Waals surface area contributed by atoms with Crippen LogP contribution in [0.15, 0.2) is 24.3 Å². The van der Waals surface area contributed by atoms with Crippen molar-refractivity contribution in [2.24, 2.45) is 5.73 Å². The second-order valence-electron chi connectivity index (χ2n) is 5.53. The van der Waals surface area contributed by atoms with E-state index in [0.717, 1.165) is 30.9 Å². The van der Waals surface area contributed by atoms with Gasteiger partial charge in [-0.2, -0.15) is 0 Å². The Labute approximate surface area is 128 Å². The van der Waals surface area contributed by atoms with Crippen LogP contribution < -0.4 is 10.5 Å². The molecule has 0 fully saturated rings. The fourth-order valence-electron chi connectivity index (χ4n) is 2.24. The van der Waals surface area contributed by atoms with Crippen LogP contribution in [0, 0.1) is 0 Å². The van der Waals surface area contributed by atoms with Crippen molar-refractivity contribution in [2.75, 3.05) is 54.0 Å². The molecule has 0 saturated carbocycles. The second-order valence-corrected chi connectivity index (χ2v) is 5.53. The molecule has 5 heteroatoms. The minimum atomic E-state index is 0.125. The highest BCUT2D eigenvalue weighted by Crippen LogP contribution is 2.21. The van der Waals surface area contributed by atoms with Crippen molar-refractivity contribution in [2.45, 2.75) is 12.5 Å². The molecule has 1 aromatic carbocycles. The summed E-state index contributed by atoms with van der Waals surface area (Å²) in [4.78, 5) is 4.21. The van der Waals surface area contributed by atoms with Crippen molar-refractivity contribution in [3.8, 4) is 5.75 Å². The summed E-state index contributed by atoms with van der Waals surface area (Å²) in [6, 6.07) is 8.19. The molecule has 1 unspecified atom stereocenters. The Bertz CT molecular complexity index is 382. The molecule has 3 N–H and O–H groups in total. The Morgan fingerprint density at radius 1 is 1.14 bits per heavy atom. The van der Waals surface area contributed by atoms with Crippen LogP contribution in [0.3, 0.4) is 0 Å². The highest BCUT2D eigenvalue weighted by Gasteiger charge is 2.14. The summed E-state index contributed by atoms with van der Waals surface area (Å²) in [5.74, 6) is 0.887. The molecule has 0 aliphatic rings. The van der Waals surface area contributed by atoms with Crippen molar-refractivity contribution < 1.29 is 9.84 Å². The van der Waals surface area contributed by atoms with E-state index in [2.05, 4.69) is 23.9 Å². The first-order chi connectivity index (χ1) is 10.1. The van der Waals surface area contributed by atoms with E-state index in [1.165, 1.54) is 0 Å². The second kappa shape index (κ2) is 9.73. The van der Waals surface area contributed by atoms with Gasteiger partial charge in [0.15, 0.2) is 0 Å². The lowest BCUT2D eigenvalue weighted by molar-refractivity contribution is 0.183. The van der Waals surface area contributed by atoms with Gasteiger partial charge in [-0.3, -0.25) is 4.90 Å². The van der Waals surface area contributed by atoms with Gasteiger partial charge in [0, 0.05) is 25.7 Å². The first kappa shape index (κ1) is 17.9. The average Bonchev–Trinajstić information content (AvgIpc) is 2.46. The number of hydrogen-bond acceptors (Lipinski definition) is 5. The third kappa shape index (κ3) is 6.44. The zero-order valence-electron chi connectivity index (χ0n) is 13.5. The van der Waals surface area contributed by atoms with Crippen LogP contribution in [0.25, 0.3) is 0 Å². The summed E-state index contributed by atoms with van der Waals surface area (Å²) in [6.07, 6.45) is 1.01. The van der Waals surface area contributed by atoms with Crippen molar-refractivity contribution >= 4 is 0 Å².